The van der Waals surface area contributed by atoms with E-state index in [-0.39, 0.29) is 5.82 Å². The second kappa shape index (κ2) is 7.50. The highest BCUT2D eigenvalue weighted by Gasteiger charge is 2.30. The number of fused-ring (bicyclic) bond motifs is 1. The van der Waals surface area contributed by atoms with Crippen molar-refractivity contribution in [1.29, 1.82) is 0 Å². The first kappa shape index (κ1) is 19.4. The molecule has 0 radical (unpaired) electrons. The fourth-order valence-electron chi connectivity index (χ4n) is 2.79. The number of nitrogens with zero attached hydrogens (tertiary/aromatic N) is 5. The van der Waals surface area contributed by atoms with Gasteiger partial charge in [-0.3, -0.25) is 4.40 Å². The first-order valence-corrected chi connectivity index (χ1v) is 8.63. The van der Waals surface area contributed by atoms with Crippen LogP contribution in [0.1, 0.15) is 5.56 Å². The fourth-order valence-corrected chi connectivity index (χ4v) is 2.79. The molecule has 4 heterocycles. The average molecular weight is 416 g/mol. The molecule has 1 N–H and O–H groups in total. The Kier molecular flexibility index (Phi) is 4.86. The maximum Gasteiger partial charge on any atom is 0.417 e. The minimum atomic E-state index is -4.46. The number of hydrogen-bond acceptors (Lipinski definition) is 7. The lowest BCUT2D eigenvalue weighted by molar-refractivity contribution is -0.137. The molecule has 0 fully saturated rings. The van der Waals surface area contributed by atoms with Gasteiger partial charge in [0, 0.05) is 30.7 Å². The van der Waals surface area contributed by atoms with Crippen LogP contribution in [0.25, 0.3) is 16.9 Å². The molecule has 154 valence electrons. The van der Waals surface area contributed by atoms with Crippen LogP contribution in [-0.4, -0.2) is 38.6 Å². The second-order valence-electron chi connectivity index (χ2n) is 6.09. The molecule has 0 aliphatic carbocycles. The van der Waals surface area contributed by atoms with E-state index in [4.69, 9.17) is 9.47 Å². The Hall–Kier alpha value is -3.89. The highest BCUT2D eigenvalue weighted by atomic mass is 19.4. The van der Waals surface area contributed by atoms with Gasteiger partial charge in [0.2, 0.25) is 17.7 Å². The summed E-state index contributed by atoms with van der Waals surface area (Å²) in [7, 11) is 2.97. The van der Waals surface area contributed by atoms with Gasteiger partial charge in [0.25, 0.3) is 0 Å². The van der Waals surface area contributed by atoms with Gasteiger partial charge in [0.1, 0.15) is 11.5 Å². The van der Waals surface area contributed by atoms with Crippen LogP contribution < -0.4 is 14.8 Å². The number of aromatic nitrogens is 5. The molecule has 4 aromatic heterocycles. The van der Waals surface area contributed by atoms with Crippen molar-refractivity contribution in [2.45, 2.75) is 6.18 Å². The summed E-state index contributed by atoms with van der Waals surface area (Å²) < 4.78 is 50.4. The molecule has 0 saturated carbocycles. The fraction of sp³-hybridized carbons (Fsp3) is 0.158. The summed E-state index contributed by atoms with van der Waals surface area (Å²) in [6.45, 7) is 0. The molecule has 0 atom stereocenters. The number of alkyl halides is 3. The van der Waals surface area contributed by atoms with Gasteiger partial charge in [-0.2, -0.15) is 18.2 Å². The van der Waals surface area contributed by atoms with Crippen molar-refractivity contribution in [2.75, 3.05) is 19.5 Å². The Morgan fingerprint density at radius 2 is 1.83 bits per heavy atom. The lowest BCUT2D eigenvalue weighted by Gasteiger charge is -2.13. The Morgan fingerprint density at radius 1 is 1.00 bits per heavy atom. The molecule has 0 saturated heterocycles. The summed E-state index contributed by atoms with van der Waals surface area (Å²) in [6.07, 6.45) is -0.454. The minimum absolute atomic E-state index is 0.197. The van der Waals surface area contributed by atoms with Crippen LogP contribution in [0.5, 0.6) is 11.8 Å². The number of pyridine rings is 2. The molecule has 4 rings (SSSR count). The topological polar surface area (TPSA) is 86.5 Å². The van der Waals surface area contributed by atoms with Gasteiger partial charge in [-0.05, 0) is 18.2 Å². The van der Waals surface area contributed by atoms with Crippen molar-refractivity contribution >= 4 is 17.4 Å². The third kappa shape index (κ3) is 3.69. The van der Waals surface area contributed by atoms with Crippen LogP contribution in [0.2, 0.25) is 0 Å². The van der Waals surface area contributed by atoms with E-state index in [0.29, 0.717) is 34.6 Å². The number of anilines is 2. The molecule has 11 heteroatoms. The summed E-state index contributed by atoms with van der Waals surface area (Å²) in [6, 6.07) is 7.32. The van der Waals surface area contributed by atoms with E-state index in [0.717, 1.165) is 12.3 Å². The van der Waals surface area contributed by atoms with E-state index < -0.39 is 11.7 Å². The SMILES string of the molecule is COc1ccc(-c2cc3nccn3c(Nc3ccc(C(F)(F)F)cn3)n2)c(OC)n1. The number of imidazole rings is 1. The maximum absolute atomic E-state index is 12.8. The number of methoxy groups -OCH3 is 2. The first-order chi connectivity index (χ1) is 14.4. The molecule has 8 nitrogen and oxygen atoms in total. The number of rotatable bonds is 5. The van der Waals surface area contributed by atoms with Crippen molar-refractivity contribution in [2.24, 2.45) is 0 Å². The third-order valence-corrected chi connectivity index (χ3v) is 4.23. The molecular weight excluding hydrogens is 401 g/mol. The number of hydrogen-bond donors (Lipinski definition) is 1. The smallest absolute Gasteiger partial charge is 0.417 e. The van der Waals surface area contributed by atoms with Crippen LogP contribution in [0.3, 0.4) is 0 Å². The third-order valence-electron chi connectivity index (χ3n) is 4.23. The highest BCUT2D eigenvalue weighted by molar-refractivity contribution is 5.71. The van der Waals surface area contributed by atoms with E-state index in [1.54, 1.807) is 35.0 Å². The molecule has 0 spiro atoms. The number of halogens is 3. The number of ether oxygens (including phenoxy) is 2. The van der Waals surface area contributed by atoms with Gasteiger partial charge in [-0.25, -0.2) is 15.0 Å². The predicted molar refractivity (Wildman–Crippen MR) is 102 cm³/mol. The Morgan fingerprint density at radius 3 is 2.50 bits per heavy atom. The van der Waals surface area contributed by atoms with E-state index >= 15 is 0 Å². The molecule has 0 aliphatic heterocycles. The second-order valence-corrected chi connectivity index (χ2v) is 6.09. The molecule has 30 heavy (non-hydrogen) atoms. The summed E-state index contributed by atoms with van der Waals surface area (Å²) in [5.74, 6) is 1.19. The van der Waals surface area contributed by atoms with E-state index in [1.807, 2.05) is 0 Å². The summed E-state index contributed by atoms with van der Waals surface area (Å²) in [5.41, 5.74) is 0.811. The average Bonchev–Trinajstić information content (AvgIpc) is 3.22. The molecule has 0 aromatic carbocycles. The summed E-state index contributed by atoms with van der Waals surface area (Å²) in [5, 5.41) is 2.93. The largest absolute Gasteiger partial charge is 0.481 e. The van der Waals surface area contributed by atoms with Crippen LogP contribution in [0.15, 0.2) is 48.9 Å². The van der Waals surface area contributed by atoms with Crippen molar-refractivity contribution in [3.63, 3.8) is 0 Å². The van der Waals surface area contributed by atoms with Crippen LogP contribution in [-0.2, 0) is 6.18 Å². The quantitative estimate of drug-likeness (QED) is 0.527. The van der Waals surface area contributed by atoms with Gasteiger partial charge in [-0.1, -0.05) is 0 Å². The minimum Gasteiger partial charge on any atom is -0.481 e. The standard InChI is InChI=1S/C19H15F3N6O2/c1-29-16-6-4-12(17(27-16)30-2)13-9-15-23-7-8-28(15)18(25-13)26-14-5-3-11(10-24-14)19(20,21)22/h3-10H,1-2H3,(H,24,25,26). The normalized spacial score (nSPS) is 11.5. The zero-order valence-electron chi connectivity index (χ0n) is 15.8. The Balaban J connectivity index is 1.75. The zero-order chi connectivity index (χ0) is 21.3. The molecular formula is C19H15F3N6O2. The van der Waals surface area contributed by atoms with Crippen LogP contribution in [0.4, 0.5) is 24.9 Å². The number of nitrogens with one attached hydrogen (secondary N) is 1. The van der Waals surface area contributed by atoms with Gasteiger partial charge < -0.3 is 14.8 Å². The van der Waals surface area contributed by atoms with Crippen molar-refractivity contribution in [3.8, 4) is 23.0 Å². The van der Waals surface area contributed by atoms with Crippen molar-refractivity contribution in [3.05, 3.63) is 54.5 Å². The summed E-state index contributed by atoms with van der Waals surface area (Å²) in [4.78, 5) is 16.9. The Bertz CT molecular complexity index is 1190. The van der Waals surface area contributed by atoms with Crippen LogP contribution >= 0.6 is 0 Å². The van der Waals surface area contributed by atoms with E-state index in [1.165, 1.54) is 20.3 Å². The zero-order valence-corrected chi connectivity index (χ0v) is 15.8. The molecule has 0 unspecified atom stereocenters. The van der Waals surface area contributed by atoms with E-state index in [9.17, 15) is 13.2 Å². The molecule has 0 aliphatic rings. The molecule has 0 amide bonds. The van der Waals surface area contributed by atoms with Crippen molar-refractivity contribution in [1.82, 2.24) is 24.3 Å². The van der Waals surface area contributed by atoms with E-state index in [2.05, 4.69) is 25.3 Å². The van der Waals surface area contributed by atoms with Gasteiger partial charge >= 0.3 is 6.18 Å². The summed E-state index contributed by atoms with van der Waals surface area (Å²) >= 11 is 0. The van der Waals surface area contributed by atoms with Gasteiger partial charge in [0.15, 0.2) is 0 Å². The monoisotopic (exact) mass is 416 g/mol. The first-order valence-electron chi connectivity index (χ1n) is 8.63. The maximum atomic E-state index is 12.8. The predicted octanol–water partition coefficient (Wildman–Crippen LogP) is 3.97. The van der Waals surface area contributed by atoms with Gasteiger partial charge in [0.05, 0.1) is 31.0 Å². The molecule has 4 aromatic rings. The van der Waals surface area contributed by atoms with Crippen LogP contribution in [0, 0.1) is 0 Å². The van der Waals surface area contributed by atoms with Gasteiger partial charge in [-0.15, -0.1) is 0 Å². The lowest BCUT2D eigenvalue weighted by atomic mass is 10.2. The lowest BCUT2D eigenvalue weighted by Crippen LogP contribution is -2.07. The Labute approximate surface area is 168 Å². The highest BCUT2D eigenvalue weighted by Crippen LogP contribution is 2.32. The molecule has 0 bridgehead atoms. The van der Waals surface area contributed by atoms with Crippen molar-refractivity contribution < 1.29 is 22.6 Å².